The lowest BCUT2D eigenvalue weighted by molar-refractivity contribution is -0.133. The molecular weight excluding hydrogens is 142 g/mol. The van der Waals surface area contributed by atoms with Gasteiger partial charge < -0.3 is 4.90 Å². The van der Waals surface area contributed by atoms with Crippen LogP contribution in [0, 0.1) is 0 Å². The van der Waals surface area contributed by atoms with E-state index in [1.165, 1.54) is 0 Å². The van der Waals surface area contributed by atoms with Gasteiger partial charge in [0.1, 0.15) is 0 Å². The fourth-order valence-electron chi connectivity index (χ4n) is 1.45. The molecule has 4 nitrogen and oxygen atoms in total. The predicted octanol–water partition coefficient (Wildman–Crippen LogP) is -0.587. The van der Waals surface area contributed by atoms with Gasteiger partial charge in [0.05, 0.1) is 0 Å². The van der Waals surface area contributed by atoms with Crippen LogP contribution >= 0.6 is 0 Å². The largest absolute Gasteiger partial charge is 0.338 e. The third-order valence-electron chi connectivity index (χ3n) is 2.06. The molecule has 64 valence electrons. The van der Waals surface area contributed by atoms with Crippen molar-refractivity contribution in [3.05, 3.63) is 0 Å². The summed E-state index contributed by atoms with van der Waals surface area (Å²) in [6, 6.07) is 0.256. The van der Waals surface area contributed by atoms with Gasteiger partial charge in [-0.1, -0.05) is 0 Å². The fourth-order valence-corrected chi connectivity index (χ4v) is 1.45. The maximum absolute atomic E-state index is 11.0. The van der Waals surface area contributed by atoms with Crippen LogP contribution in [0.3, 0.4) is 0 Å². The van der Waals surface area contributed by atoms with Crippen molar-refractivity contribution in [3.63, 3.8) is 0 Å². The van der Waals surface area contributed by atoms with E-state index < -0.39 is 0 Å². The minimum Gasteiger partial charge on any atom is -0.338 e. The standard InChI is InChI=1S/C7H15N3O/c1-6-5-9(8)3-4-10(6)7(2)11/h6H,3-5,8H2,1-2H3/t6-/m1/s1. The molecule has 0 saturated carbocycles. The molecule has 2 N–H and O–H groups in total. The molecule has 1 rings (SSSR count). The zero-order valence-corrected chi connectivity index (χ0v) is 7.08. The SMILES string of the molecule is CC(=O)N1CCN(N)C[C@H]1C. The van der Waals surface area contributed by atoms with Crippen LogP contribution < -0.4 is 5.84 Å². The molecule has 0 aliphatic carbocycles. The van der Waals surface area contributed by atoms with Crippen molar-refractivity contribution >= 4 is 5.91 Å². The second-order valence-corrected chi connectivity index (χ2v) is 3.06. The van der Waals surface area contributed by atoms with Crippen molar-refractivity contribution in [2.24, 2.45) is 5.84 Å². The molecule has 1 heterocycles. The van der Waals surface area contributed by atoms with Crippen molar-refractivity contribution in [2.45, 2.75) is 19.9 Å². The van der Waals surface area contributed by atoms with Crippen LogP contribution in [0.25, 0.3) is 0 Å². The van der Waals surface area contributed by atoms with E-state index in [9.17, 15) is 4.79 Å². The topological polar surface area (TPSA) is 49.6 Å². The Kier molecular flexibility index (Phi) is 2.46. The molecule has 1 aliphatic heterocycles. The summed E-state index contributed by atoms with van der Waals surface area (Å²) in [4.78, 5) is 12.8. The maximum atomic E-state index is 11.0. The van der Waals surface area contributed by atoms with Gasteiger partial charge in [0, 0.05) is 32.6 Å². The van der Waals surface area contributed by atoms with E-state index in [0.717, 1.165) is 19.6 Å². The molecule has 1 saturated heterocycles. The molecule has 0 aromatic carbocycles. The Labute approximate surface area is 66.9 Å². The van der Waals surface area contributed by atoms with E-state index in [0.29, 0.717) is 0 Å². The van der Waals surface area contributed by atoms with Crippen LogP contribution in [-0.4, -0.2) is 41.5 Å². The Bertz CT molecular complexity index is 160. The van der Waals surface area contributed by atoms with Crippen LogP contribution in [0.5, 0.6) is 0 Å². The number of carbonyl (C=O) groups is 1. The van der Waals surface area contributed by atoms with Gasteiger partial charge in [-0.15, -0.1) is 0 Å². The van der Waals surface area contributed by atoms with Gasteiger partial charge >= 0.3 is 0 Å². The molecule has 1 fully saturated rings. The summed E-state index contributed by atoms with van der Waals surface area (Å²) < 4.78 is 0. The van der Waals surface area contributed by atoms with Gasteiger partial charge in [-0.3, -0.25) is 10.6 Å². The first-order chi connectivity index (χ1) is 5.11. The summed E-state index contributed by atoms with van der Waals surface area (Å²) in [6.45, 7) is 5.93. The zero-order valence-electron chi connectivity index (χ0n) is 7.08. The van der Waals surface area contributed by atoms with Crippen LogP contribution in [0.2, 0.25) is 0 Å². The van der Waals surface area contributed by atoms with Gasteiger partial charge in [0.15, 0.2) is 0 Å². The quantitative estimate of drug-likeness (QED) is 0.478. The number of nitrogens with zero attached hydrogens (tertiary/aromatic N) is 2. The number of piperazine rings is 1. The second kappa shape index (κ2) is 3.19. The Hall–Kier alpha value is -0.610. The first kappa shape index (κ1) is 8.49. The average Bonchev–Trinajstić information content (AvgIpc) is 1.85. The first-order valence-corrected chi connectivity index (χ1v) is 3.88. The van der Waals surface area contributed by atoms with E-state index in [1.54, 1.807) is 11.9 Å². The van der Waals surface area contributed by atoms with Crippen LogP contribution in [-0.2, 0) is 4.79 Å². The monoisotopic (exact) mass is 157 g/mol. The van der Waals surface area contributed by atoms with Crippen LogP contribution in [0.15, 0.2) is 0 Å². The highest BCUT2D eigenvalue weighted by Crippen LogP contribution is 2.05. The second-order valence-electron chi connectivity index (χ2n) is 3.06. The van der Waals surface area contributed by atoms with Gasteiger partial charge in [-0.05, 0) is 6.92 Å². The minimum absolute atomic E-state index is 0.144. The van der Waals surface area contributed by atoms with Gasteiger partial charge in [0.25, 0.3) is 0 Å². The fraction of sp³-hybridized carbons (Fsp3) is 0.857. The highest BCUT2D eigenvalue weighted by molar-refractivity contribution is 5.73. The lowest BCUT2D eigenvalue weighted by atomic mass is 10.2. The average molecular weight is 157 g/mol. The number of nitrogens with two attached hydrogens (primary N) is 1. The smallest absolute Gasteiger partial charge is 0.219 e. The van der Waals surface area contributed by atoms with E-state index in [4.69, 9.17) is 5.84 Å². The molecule has 0 spiro atoms. The minimum atomic E-state index is 0.144. The number of hydrazine groups is 1. The molecule has 0 radical (unpaired) electrons. The lowest BCUT2D eigenvalue weighted by Crippen LogP contribution is -2.55. The van der Waals surface area contributed by atoms with Crippen molar-refractivity contribution in [2.75, 3.05) is 19.6 Å². The molecule has 1 aliphatic rings. The molecule has 0 unspecified atom stereocenters. The maximum Gasteiger partial charge on any atom is 0.219 e. The summed E-state index contributed by atoms with van der Waals surface area (Å²) in [7, 11) is 0. The number of hydrogen-bond donors (Lipinski definition) is 1. The number of rotatable bonds is 0. The van der Waals surface area contributed by atoms with Crippen LogP contribution in [0.4, 0.5) is 0 Å². The summed E-state index contributed by atoms with van der Waals surface area (Å²) in [5.41, 5.74) is 0. The highest BCUT2D eigenvalue weighted by atomic mass is 16.2. The van der Waals surface area contributed by atoms with E-state index >= 15 is 0 Å². The molecule has 0 aromatic rings. The first-order valence-electron chi connectivity index (χ1n) is 3.88. The normalized spacial score (nSPS) is 27.2. The lowest BCUT2D eigenvalue weighted by Gasteiger charge is -2.37. The van der Waals surface area contributed by atoms with Crippen molar-refractivity contribution in [3.8, 4) is 0 Å². The molecule has 1 atom stereocenters. The number of carbonyl (C=O) groups excluding carboxylic acids is 1. The zero-order chi connectivity index (χ0) is 8.43. The number of hydrogen-bond acceptors (Lipinski definition) is 3. The Morgan fingerprint density at radius 1 is 1.55 bits per heavy atom. The summed E-state index contributed by atoms with van der Waals surface area (Å²) in [6.07, 6.45) is 0. The van der Waals surface area contributed by atoms with E-state index in [2.05, 4.69) is 0 Å². The molecule has 11 heavy (non-hydrogen) atoms. The molecule has 1 amide bonds. The van der Waals surface area contributed by atoms with Crippen LogP contribution in [0.1, 0.15) is 13.8 Å². The molecule has 0 aromatic heterocycles. The summed E-state index contributed by atoms with van der Waals surface area (Å²) in [5, 5.41) is 1.75. The van der Waals surface area contributed by atoms with Crippen molar-refractivity contribution < 1.29 is 4.79 Å². The van der Waals surface area contributed by atoms with Crippen molar-refractivity contribution in [1.82, 2.24) is 9.91 Å². The third-order valence-corrected chi connectivity index (χ3v) is 2.06. The molecule has 0 bridgehead atoms. The Morgan fingerprint density at radius 2 is 2.18 bits per heavy atom. The van der Waals surface area contributed by atoms with E-state index in [-0.39, 0.29) is 11.9 Å². The Morgan fingerprint density at radius 3 is 2.64 bits per heavy atom. The number of amides is 1. The molecular formula is C7H15N3O. The third kappa shape index (κ3) is 1.91. The van der Waals surface area contributed by atoms with E-state index in [1.807, 2.05) is 11.8 Å². The van der Waals surface area contributed by atoms with Gasteiger partial charge in [0.2, 0.25) is 5.91 Å². The summed E-state index contributed by atoms with van der Waals surface area (Å²) >= 11 is 0. The van der Waals surface area contributed by atoms with Crippen molar-refractivity contribution in [1.29, 1.82) is 0 Å². The van der Waals surface area contributed by atoms with Gasteiger partial charge in [-0.2, -0.15) is 0 Å². The Balaban J connectivity index is 2.50. The van der Waals surface area contributed by atoms with Gasteiger partial charge in [-0.25, -0.2) is 5.01 Å². The highest BCUT2D eigenvalue weighted by Gasteiger charge is 2.23. The molecule has 4 heteroatoms. The summed E-state index contributed by atoms with van der Waals surface area (Å²) in [5.74, 6) is 5.73. The predicted molar refractivity (Wildman–Crippen MR) is 42.6 cm³/mol.